The number of pyridine rings is 2. The van der Waals surface area contributed by atoms with Crippen LogP contribution in [0.25, 0.3) is 65.6 Å². The van der Waals surface area contributed by atoms with E-state index in [0.717, 1.165) is 27.5 Å². The van der Waals surface area contributed by atoms with Crippen molar-refractivity contribution in [1.82, 2.24) is 9.97 Å². The standard InChI is InChI=1S/C32H20N2/c1-2-11-23-20-34-29(19-22(23)10-1)30-26-14-5-6-15-27(26)31(32-28(30)17-8-18-33-32)25-16-7-12-21-9-3-4-13-24(21)25/h1-20H. The van der Waals surface area contributed by atoms with Gasteiger partial charge in [0.15, 0.2) is 0 Å². The first-order valence-electron chi connectivity index (χ1n) is 11.5. The first-order chi connectivity index (χ1) is 16.9. The Morgan fingerprint density at radius 2 is 1.09 bits per heavy atom. The van der Waals surface area contributed by atoms with Gasteiger partial charge in [0, 0.05) is 34.3 Å². The van der Waals surface area contributed by atoms with E-state index in [0.29, 0.717) is 0 Å². The molecule has 0 spiro atoms. The van der Waals surface area contributed by atoms with Crippen LogP contribution in [0.5, 0.6) is 0 Å². The average molecular weight is 433 g/mol. The highest BCUT2D eigenvalue weighted by Crippen LogP contribution is 2.44. The fraction of sp³-hybridized carbons (Fsp3) is 0. The summed E-state index contributed by atoms with van der Waals surface area (Å²) in [4.78, 5) is 9.84. The highest BCUT2D eigenvalue weighted by atomic mass is 14.7. The van der Waals surface area contributed by atoms with Gasteiger partial charge in [0.1, 0.15) is 0 Å². The Morgan fingerprint density at radius 3 is 1.94 bits per heavy atom. The molecule has 0 fully saturated rings. The summed E-state index contributed by atoms with van der Waals surface area (Å²) in [5.74, 6) is 0. The molecule has 0 saturated carbocycles. The van der Waals surface area contributed by atoms with Gasteiger partial charge in [-0.15, -0.1) is 0 Å². The van der Waals surface area contributed by atoms with Crippen molar-refractivity contribution in [3.8, 4) is 22.4 Å². The minimum Gasteiger partial charge on any atom is -0.256 e. The van der Waals surface area contributed by atoms with Gasteiger partial charge in [0.05, 0.1) is 11.2 Å². The number of hydrogen-bond donors (Lipinski definition) is 0. The van der Waals surface area contributed by atoms with Gasteiger partial charge in [0.25, 0.3) is 0 Å². The molecule has 0 aliphatic rings. The third-order valence-corrected chi connectivity index (χ3v) is 6.73. The van der Waals surface area contributed by atoms with Crippen LogP contribution in [0.2, 0.25) is 0 Å². The Kier molecular flexibility index (Phi) is 4.18. The van der Waals surface area contributed by atoms with Crippen LogP contribution in [0, 0.1) is 0 Å². The maximum Gasteiger partial charge on any atom is 0.0793 e. The zero-order chi connectivity index (χ0) is 22.5. The number of rotatable bonds is 2. The van der Waals surface area contributed by atoms with E-state index in [-0.39, 0.29) is 0 Å². The molecular weight excluding hydrogens is 412 g/mol. The number of nitrogens with zero attached hydrogens (tertiary/aromatic N) is 2. The van der Waals surface area contributed by atoms with E-state index in [9.17, 15) is 0 Å². The van der Waals surface area contributed by atoms with Crippen LogP contribution in [-0.4, -0.2) is 9.97 Å². The van der Waals surface area contributed by atoms with Crippen LogP contribution in [0.15, 0.2) is 122 Å². The number of benzene rings is 5. The molecule has 7 aromatic rings. The lowest BCUT2D eigenvalue weighted by Crippen LogP contribution is -1.94. The Balaban J connectivity index is 1.66. The fourth-order valence-electron chi connectivity index (χ4n) is 5.21. The van der Waals surface area contributed by atoms with Crippen LogP contribution >= 0.6 is 0 Å². The van der Waals surface area contributed by atoms with Crippen molar-refractivity contribution in [1.29, 1.82) is 0 Å². The Hall–Kier alpha value is -4.56. The molecule has 0 aliphatic carbocycles. The van der Waals surface area contributed by atoms with E-state index in [1.165, 1.54) is 38.1 Å². The Morgan fingerprint density at radius 1 is 0.441 bits per heavy atom. The first-order valence-corrected chi connectivity index (χ1v) is 11.5. The smallest absolute Gasteiger partial charge is 0.0793 e. The third-order valence-electron chi connectivity index (χ3n) is 6.73. The molecule has 2 heterocycles. The second-order valence-corrected chi connectivity index (χ2v) is 8.64. The van der Waals surface area contributed by atoms with Crippen molar-refractivity contribution in [2.24, 2.45) is 0 Å². The van der Waals surface area contributed by atoms with Crippen molar-refractivity contribution in [2.75, 3.05) is 0 Å². The van der Waals surface area contributed by atoms with Crippen molar-refractivity contribution >= 4 is 43.2 Å². The molecular formula is C32H20N2. The lowest BCUT2D eigenvalue weighted by Gasteiger charge is -2.17. The number of hydrogen-bond acceptors (Lipinski definition) is 2. The topological polar surface area (TPSA) is 25.8 Å². The lowest BCUT2D eigenvalue weighted by atomic mass is 9.87. The Labute approximate surface area is 197 Å². The predicted molar refractivity (Wildman–Crippen MR) is 143 cm³/mol. The van der Waals surface area contributed by atoms with E-state index in [4.69, 9.17) is 9.97 Å². The normalized spacial score (nSPS) is 11.5. The molecule has 0 aliphatic heterocycles. The summed E-state index contributed by atoms with van der Waals surface area (Å²) in [6.45, 7) is 0. The van der Waals surface area contributed by atoms with Gasteiger partial charge >= 0.3 is 0 Å². The molecule has 5 aromatic carbocycles. The highest BCUT2D eigenvalue weighted by Gasteiger charge is 2.19. The summed E-state index contributed by atoms with van der Waals surface area (Å²) in [7, 11) is 0. The number of fused-ring (bicyclic) bond motifs is 4. The zero-order valence-electron chi connectivity index (χ0n) is 18.4. The maximum absolute atomic E-state index is 4.94. The summed E-state index contributed by atoms with van der Waals surface area (Å²) >= 11 is 0. The predicted octanol–water partition coefficient (Wildman–Crippen LogP) is 8.42. The average Bonchev–Trinajstić information content (AvgIpc) is 2.91. The second-order valence-electron chi connectivity index (χ2n) is 8.64. The van der Waals surface area contributed by atoms with Crippen LogP contribution < -0.4 is 0 Å². The van der Waals surface area contributed by atoms with Crippen LogP contribution in [-0.2, 0) is 0 Å². The van der Waals surface area contributed by atoms with Crippen molar-refractivity contribution in [3.63, 3.8) is 0 Å². The van der Waals surface area contributed by atoms with Gasteiger partial charge in [-0.25, -0.2) is 0 Å². The lowest BCUT2D eigenvalue weighted by molar-refractivity contribution is 1.36. The highest BCUT2D eigenvalue weighted by molar-refractivity contribution is 6.22. The summed E-state index contributed by atoms with van der Waals surface area (Å²) < 4.78 is 0. The van der Waals surface area contributed by atoms with Crippen LogP contribution in [0.4, 0.5) is 0 Å². The van der Waals surface area contributed by atoms with Crippen molar-refractivity contribution in [3.05, 3.63) is 122 Å². The molecule has 0 amide bonds. The first kappa shape index (κ1) is 19.0. The molecule has 2 nitrogen and oxygen atoms in total. The third kappa shape index (κ3) is 2.82. The van der Waals surface area contributed by atoms with E-state index >= 15 is 0 Å². The Bertz CT molecular complexity index is 1810. The molecule has 7 rings (SSSR count). The van der Waals surface area contributed by atoms with Gasteiger partial charge in [0.2, 0.25) is 0 Å². The molecule has 2 aromatic heterocycles. The molecule has 0 N–H and O–H groups in total. The van der Waals surface area contributed by atoms with E-state index in [2.05, 4.69) is 103 Å². The molecule has 34 heavy (non-hydrogen) atoms. The minimum atomic E-state index is 0.970. The van der Waals surface area contributed by atoms with Gasteiger partial charge in [-0.2, -0.15) is 0 Å². The maximum atomic E-state index is 4.94. The van der Waals surface area contributed by atoms with Crippen molar-refractivity contribution < 1.29 is 0 Å². The van der Waals surface area contributed by atoms with Crippen LogP contribution in [0.1, 0.15) is 0 Å². The molecule has 0 atom stereocenters. The monoisotopic (exact) mass is 432 g/mol. The second kappa shape index (κ2) is 7.50. The van der Waals surface area contributed by atoms with Gasteiger partial charge in [-0.1, -0.05) is 97.1 Å². The largest absolute Gasteiger partial charge is 0.256 e. The molecule has 2 heteroatoms. The fourth-order valence-corrected chi connectivity index (χ4v) is 5.21. The molecule has 0 saturated heterocycles. The van der Waals surface area contributed by atoms with E-state index < -0.39 is 0 Å². The van der Waals surface area contributed by atoms with Gasteiger partial charge < -0.3 is 0 Å². The van der Waals surface area contributed by atoms with Crippen molar-refractivity contribution in [2.45, 2.75) is 0 Å². The van der Waals surface area contributed by atoms with E-state index in [1.807, 2.05) is 18.5 Å². The zero-order valence-corrected chi connectivity index (χ0v) is 18.4. The van der Waals surface area contributed by atoms with Gasteiger partial charge in [-0.3, -0.25) is 9.97 Å². The minimum absolute atomic E-state index is 0.970. The van der Waals surface area contributed by atoms with Crippen LogP contribution in [0.3, 0.4) is 0 Å². The molecule has 0 bridgehead atoms. The van der Waals surface area contributed by atoms with E-state index in [1.54, 1.807) is 0 Å². The van der Waals surface area contributed by atoms with Gasteiger partial charge in [-0.05, 0) is 44.6 Å². The summed E-state index contributed by atoms with van der Waals surface area (Å²) in [6, 6.07) is 38.5. The molecule has 0 unspecified atom stereocenters. The molecule has 0 radical (unpaired) electrons. The summed E-state index contributed by atoms with van der Waals surface area (Å²) in [5, 5.41) is 8.29. The quantitative estimate of drug-likeness (QED) is 0.256. The summed E-state index contributed by atoms with van der Waals surface area (Å²) in [6.07, 6.45) is 3.86. The number of aromatic nitrogens is 2. The molecule has 158 valence electrons. The SMILES string of the molecule is c1ccc2cc(-c3c4ccccc4c(-c4cccc5ccccc45)c4ncccc34)ncc2c1. The summed E-state index contributed by atoms with van der Waals surface area (Å²) in [5.41, 5.74) is 5.48.